The van der Waals surface area contributed by atoms with Crippen molar-refractivity contribution in [2.75, 3.05) is 26.3 Å². The van der Waals surface area contributed by atoms with E-state index in [0.717, 1.165) is 16.5 Å². The van der Waals surface area contributed by atoms with Gasteiger partial charge in [0.05, 0.1) is 18.1 Å². The summed E-state index contributed by atoms with van der Waals surface area (Å²) in [5.41, 5.74) is 1.97. The number of ether oxygens (including phenoxy) is 1. The van der Waals surface area contributed by atoms with Gasteiger partial charge < -0.3 is 20.3 Å². The maximum Gasteiger partial charge on any atom is 0.318 e. The van der Waals surface area contributed by atoms with E-state index in [-0.39, 0.29) is 16.8 Å². The second-order valence-electron chi connectivity index (χ2n) is 9.62. The lowest BCUT2D eigenvalue weighted by Gasteiger charge is -2.29. The monoisotopic (exact) mass is 561 g/mol. The number of benzene rings is 3. The molecule has 0 bridgehead atoms. The molecule has 4 rings (SSSR count). The van der Waals surface area contributed by atoms with Gasteiger partial charge in [-0.15, -0.1) is 0 Å². The van der Waals surface area contributed by atoms with E-state index in [9.17, 15) is 18.0 Å². The van der Waals surface area contributed by atoms with Gasteiger partial charge in [-0.25, -0.2) is 13.2 Å². The van der Waals surface area contributed by atoms with Gasteiger partial charge in [0.25, 0.3) is 0 Å². The van der Waals surface area contributed by atoms with Gasteiger partial charge in [-0.05, 0) is 36.1 Å². The van der Waals surface area contributed by atoms with E-state index in [4.69, 9.17) is 4.74 Å². The van der Waals surface area contributed by atoms with Crippen LogP contribution in [0.15, 0.2) is 107 Å². The van der Waals surface area contributed by atoms with Crippen LogP contribution in [0.4, 0.5) is 4.79 Å². The fourth-order valence-electron chi connectivity index (χ4n) is 4.42. The maximum atomic E-state index is 13.6. The van der Waals surface area contributed by atoms with Crippen molar-refractivity contribution in [2.45, 2.75) is 36.2 Å². The molecule has 2 N–H and O–H groups in total. The average molecular weight is 562 g/mol. The second kappa shape index (κ2) is 14.4. The number of amides is 3. The lowest BCUT2D eigenvalue weighted by Crippen LogP contribution is -2.55. The fourth-order valence-corrected chi connectivity index (χ4v) is 5.51. The quantitative estimate of drug-likeness (QED) is 0.371. The van der Waals surface area contributed by atoms with Crippen molar-refractivity contribution in [1.29, 1.82) is 0 Å². The highest BCUT2D eigenvalue weighted by Gasteiger charge is 2.26. The van der Waals surface area contributed by atoms with Crippen molar-refractivity contribution < 1.29 is 22.7 Å². The van der Waals surface area contributed by atoms with Crippen molar-refractivity contribution in [1.82, 2.24) is 15.5 Å². The first kappa shape index (κ1) is 29.0. The van der Waals surface area contributed by atoms with E-state index in [1.807, 2.05) is 60.7 Å². The molecule has 2 atom stereocenters. The Hall–Kier alpha value is -3.95. The Morgan fingerprint density at radius 1 is 0.825 bits per heavy atom. The smallest absolute Gasteiger partial charge is 0.318 e. The van der Waals surface area contributed by atoms with Crippen molar-refractivity contribution in [3.8, 4) is 0 Å². The molecule has 8 nitrogen and oxygen atoms in total. The molecule has 1 heterocycles. The third-order valence-corrected chi connectivity index (χ3v) is 8.12. The summed E-state index contributed by atoms with van der Waals surface area (Å²) in [6.45, 7) is 1.80. The maximum absolute atomic E-state index is 13.6. The fraction of sp³-hybridized carbons (Fsp3) is 0.290. The lowest BCUT2D eigenvalue weighted by atomic mass is 10.0. The van der Waals surface area contributed by atoms with Gasteiger partial charge in [0.15, 0.2) is 9.84 Å². The van der Waals surface area contributed by atoms with E-state index in [0.29, 0.717) is 45.6 Å². The standard InChI is InChI=1S/C31H35N3O5S/c35-30(29(24-26-12-6-2-7-13-26)33-31(36)34-19-21-39-22-20-34)32-27(17-16-25-10-4-1-5-11-25)18-23-40(37,38)28-14-8-3-9-15-28/h1-15,18,23,27,29H,16-17,19-22,24H2,(H,32,35)(H,33,36)/b23-18+/t27-,29?/m0/s1. The number of nitrogens with one attached hydrogen (secondary N) is 2. The predicted molar refractivity (Wildman–Crippen MR) is 154 cm³/mol. The van der Waals surface area contributed by atoms with Crippen molar-refractivity contribution in [3.05, 3.63) is 114 Å². The number of rotatable bonds is 11. The van der Waals surface area contributed by atoms with Crippen LogP contribution in [0.2, 0.25) is 0 Å². The summed E-state index contributed by atoms with van der Waals surface area (Å²) >= 11 is 0. The van der Waals surface area contributed by atoms with Crippen molar-refractivity contribution >= 4 is 21.8 Å². The van der Waals surface area contributed by atoms with E-state index in [2.05, 4.69) is 10.6 Å². The summed E-state index contributed by atoms with van der Waals surface area (Å²) in [6, 6.07) is 25.7. The number of aryl methyl sites for hydroxylation is 1. The Morgan fingerprint density at radius 2 is 1.40 bits per heavy atom. The van der Waals surface area contributed by atoms with E-state index in [1.54, 1.807) is 23.1 Å². The molecule has 0 saturated carbocycles. The molecule has 1 fully saturated rings. The molecule has 0 aliphatic carbocycles. The van der Waals surface area contributed by atoms with Crippen LogP contribution in [-0.2, 0) is 32.2 Å². The van der Waals surface area contributed by atoms with Gasteiger partial charge in [0.2, 0.25) is 5.91 Å². The van der Waals surface area contributed by atoms with Gasteiger partial charge in [0.1, 0.15) is 6.04 Å². The summed E-state index contributed by atoms with van der Waals surface area (Å²) in [4.78, 5) is 28.4. The first-order valence-corrected chi connectivity index (χ1v) is 14.9. The molecule has 1 saturated heterocycles. The van der Waals surface area contributed by atoms with Crippen LogP contribution in [0.25, 0.3) is 0 Å². The molecule has 0 aromatic heterocycles. The summed E-state index contributed by atoms with van der Waals surface area (Å²) in [7, 11) is -3.70. The first-order valence-electron chi connectivity index (χ1n) is 13.4. The summed E-state index contributed by atoms with van der Waals surface area (Å²) < 4.78 is 31.2. The van der Waals surface area contributed by atoms with Crippen LogP contribution in [0.5, 0.6) is 0 Å². The van der Waals surface area contributed by atoms with E-state index >= 15 is 0 Å². The zero-order chi connectivity index (χ0) is 28.2. The number of carbonyl (C=O) groups is 2. The third kappa shape index (κ3) is 8.79. The molecule has 1 aliphatic heterocycles. The van der Waals surface area contributed by atoms with Crippen molar-refractivity contribution in [2.24, 2.45) is 0 Å². The minimum atomic E-state index is -3.70. The van der Waals surface area contributed by atoms with Crippen LogP contribution >= 0.6 is 0 Å². The Morgan fingerprint density at radius 3 is 2.02 bits per heavy atom. The molecular weight excluding hydrogens is 526 g/mol. The highest BCUT2D eigenvalue weighted by Crippen LogP contribution is 2.14. The van der Waals surface area contributed by atoms with E-state index < -0.39 is 21.9 Å². The third-order valence-electron chi connectivity index (χ3n) is 6.67. The number of hydrogen-bond donors (Lipinski definition) is 2. The Kier molecular flexibility index (Phi) is 10.5. The van der Waals surface area contributed by atoms with Gasteiger partial charge in [-0.3, -0.25) is 4.79 Å². The molecule has 40 heavy (non-hydrogen) atoms. The summed E-state index contributed by atoms with van der Waals surface area (Å²) in [5.74, 6) is -0.384. The number of nitrogens with zero attached hydrogens (tertiary/aromatic N) is 1. The molecular formula is C31H35N3O5S. The number of urea groups is 1. The highest BCUT2D eigenvalue weighted by atomic mass is 32.2. The molecule has 9 heteroatoms. The van der Waals surface area contributed by atoms with Crippen LogP contribution < -0.4 is 10.6 Å². The zero-order valence-electron chi connectivity index (χ0n) is 22.3. The van der Waals surface area contributed by atoms with Crippen LogP contribution in [0, 0.1) is 0 Å². The molecule has 3 aromatic carbocycles. The minimum absolute atomic E-state index is 0.180. The average Bonchev–Trinajstić information content (AvgIpc) is 3.00. The SMILES string of the molecule is O=C(N[C@H](/C=C/S(=O)(=O)c1ccccc1)CCc1ccccc1)C(Cc1ccccc1)NC(=O)N1CCOCC1. The first-order chi connectivity index (χ1) is 19.4. The Balaban J connectivity index is 1.53. The van der Waals surface area contributed by atoms with Gasteiger partial charge in [-0.2, -0.15) is 0 Å². The Labute approximate surface area is 236 Å². The molecule has 1 aliphatic rings. The molecule has 1 unspecified atom stereocenters. The minimum Gasteiger partial charge on any atom is -0.378 e. The van der Waals surface area contributed by atoms with Crippen LogP contribution in [0.3, 0.4) is 0 Å². The van der Waals surface area contributed by atoms with Gasteiger partial charge in [-0.1, -0.05) is 84.9 Å². The number of sulfone groups is 1. The van der Waals surface area contributed by atoms with Crippen molar-refractivity contribution in [3.63, 3.8) is 0 Å². The Bertz CT molecular complexity index is 1360. The van der Waals surface area contributed by atoms with E-state index in [1.165, 1.54) is 18.2 Å². The van der Waals surface area contributed by atoms with Crippen LogP contribution in [0.1, 0.15) is 17.5 Å². The summed E-state index contributed by atoms with van der Waals surface area (Å²) in [6.07, 6.45) is 2.92. The van der Waals surface area contributed by atoms with Gasteiger partial charge >= 0.3 is 6.03 Å². The summed E-state index contributed by atoms with van der Waals surface area (Å²) in [5, 5.41) is 7.03. The highest BCUT2D eigenvalue weighted by molar-refractivity contribution is 7.94. The normalized spacial score (nSPS) is 15.3. The second-order valence-corrected chi connectivity index (χ2v) is 11.5. The molecule has 210 valence electrons. The topological polar surface area (TPSA) is 105 Å². The number of carbonyl (C=O) groups excluding carboxylic acids is 2. The van der Waals surface area contributed by atoms with Crippen LogP contribution in [-0.4, -0.2) is 63.6 Å². The zero-order valence-corrected chi connectivity index (χ0v) is 23.1. The number of hydrogen-bond acceptors (Lipinski definition) is 5. The molecule has 0 spiro atoms. The molecule has 0 radical (unpaired) electrons. The predicted octanol–water partition coefficient (Wildman–Crippen LogP) is 3.74. The largest absolute Gasteiger partial charge is 0.378 e. The molecule has 3 amide bonds. The number of morpholine rings is 1. The lowest BCUT2D eigenvalue weighted by molar-refractivity contribution is -0.123. The molecule has 3 aromatic rings. The van der Waals surface area contributed by atoms with Gasteiger partial charge in [0, 0.05) is 31.0 Å².